The van der Waals surface area contributed by atoms with Gasteiger partial charge >= 0.3 is 0 Å². The smallest absolute Gasteiger partial charge is 0.181 e. The van der Waals surface area contributed by atoms with E-state index in [1.807, 2.05) is 12.2 Å². The Balaban J connectivity index is 2.22. The van der Waals surface area contributed by atoms with Crippen LogP contribution in [0.1, 0.15) is 6.92 Å². The molecule has 1 aliphatic carbocycles. The predicted molar refractivity (Wildman–Crippen MR) is 42.5 cm³/mol. The van der Waals surface area contributed by atoms with E-state index in [4.69, 9.17) is 0 Å². The molecular weight excluding hydrogens is 140 g/mol. The standard InChI is InChI=1S/C8H12N2O/c1-5-3-2-4-6-7(5)10-8(11)9-6/h2-5,7-11H,1H3. The number of fused-ring (bicyclic) bond motifs is 1. The average Bonchev–Trinajstić information content (AvgIpc) is 2.31. The number of allylic oxidation sites excluding steroid dienone is 2. The molecule has 3 heteroatoms. The van der Waals surface area contributed by atoms with Gasteiger partial charge in [-0.1, -0.05) is 19.1 Å². The van der Waals surface area contributed by atoms with Gasteiger partial charge in [-0.05, 0) is 12.0 Å². The van der Waals surface area contributed by atoms with Crippen LogP contribution in [0.25, 0.3) is 0 Å². The minimum absolute atomic E-state index is 0.273. The lowest BCUT2D eigenvalue weighted by molar-refractivity contribution is 0.133. The Morgan fingerprint density at radius 2 is 2.36 bits per heavy atom. The van der Waals surface area contributed by atoms with Crippen LogP contribution in [0, 0.1) is 5.92 Å². The van der Waals surface area contributed by atoms with Crippen LogP contribution in [0.4, 0.5) is 0 Å². The molecule has 0 aromatic heterocycles. The maximum atomic E-state index is 9.19. The summed E-state index contributed by atoms with van der Waals surface area (Å²) in [5, 5.41) is 15.2. The summed E-state index contributed by atoms with van der Waals surface area (Å²) < 4.78 is 0. The second kappa shape index (κ2) is 2.36. The Kier molecular flexibility index (Phi) is 1.47. The second-order valence-electron chi connectivity index (χ2n) is 3.06. The van der Waals surface area contributed by atoms with Crippen molar-refractivity contribution in [1.29, 1.82) is 0 Å². The molecule has 0 spiro atoms. The van der Waals surface area contributed by atoms with Gasteiger partial charge in [-0.15, -0.1) is 0 Å². The molecule has 1 fully saturated rings. The van der Waals surface area contributed by atoms with Crippen molar-refractivity contribution in [2.24, 2.45) is 5.92 Å². The molecule has 3 N–H and O–H groups in total. The van der Waals surface area contributed by atoms with Crippen LogP contribution in [-0.4, -0.2) is 17.5 Å². The number of rotatable bonds is 0. The van der Waals surface area contributed by atoms with Gasteiger partial charge in [-0.3, -0.25) is 5.32 Å². The third kappa shape index (κ3) is 1.06. The highest BCUT2D eigenvalue weighted by atomic mass is 16.3. The predicted octanol–water partition coefficient (Wildman–Crippen LogP) is -0.0865. The zero-order valence-corrected chi connectivity index (χ0v) is 6.41. The van der Waals surface area contributed by atoms with E-state index in [0.29, 0.717) is 5.92 Å². The van der Waals surface area contributed by atoms with Crippen LogP contribution >= 0.6 is 0 Å². The molecular formula is C8H12N2O. The number of aliphatic hydroxyl groups is 1. The first-order valence-corrected chi connectivity index (χ1v) is 3.86. The molecule has 3 atom stereocenters. The topological polar surface area (TPSA) is 44.3 Å². The van der Waals surface area contributed by atoms with Gasteiger partial charge in [-0.2, -0.15) is 0 Å². The van der Waals surface area contributed by atoms with E-state index in [1.165, 1.54) is 0 Å². The summed E-state index contributed by atoms with van der Waals surface area (Å²) in [6.07, 6.45) is 5.56. The van der Waals surface area contributed by atoms with Crippen LogP contribution in [0.3, 0.4) is 0 Å². The Labute approximate surface area is 65.8 Å². The third-order valence-corrected chi connectivity index (χ3v) is 2.19. The van der Waals surface area contributed by atoms with Crippen molar-refractivity contribution in [3.8, 4) is 0 Å². The minimum atomic E-state index is -0.575. The lowest BCUT2D eigenvalue weighted by Crippen LogP contribution is -2.35. The normalized spacial score (nSPS) is 41.3. The number of hydrogen-bond donors (Lipinski definition) is 3. The Hall–Kier alpha value is -0.800. The van der Waals surface area contributed by atoms with Gasteiger partial charge in [0.05, 0.1) is 6.04 Å². The van der Waals surface area contributed by atoms with E-state index < -0.39 is 6.35 Å². The summed E-state index contributed by atoms with van der Waals surface area (Å²) in [6.45, 7) is 2.13. The van der Waals surface area contributed by atoms with Gasteiger partial charge in [0.2, 0.25) is 0 Å². The van der Waals surface area contributed by atoms with E-state index in [0.717, 1.165) is 5.70 Å². The highest BCUT2D eigenvalue weighted by Crippen LogP contribution is 2.20. The van der Waals surface area contributed by atoms with Crippen LogP contribution in [0.2, 0.25) is 0 Å². The SMILES string of the molecule is CC1C=CC=C2NC(O)NC21. The second-order valence-corrected chi connectivity index (χ2v) is 3.06. The molecule has 1 saturated heterocycles. The average molecular weight is 152 g/mol. The maximum absolute atomic E-state index is 9.19. The zero-order valence-electron chi connectivity index (χ0n) is 6.41. The van der Waals surface area contributed by atoms with E-state index in [1.54, 1.807) is 0 Å². The summed E-state index contributed by atoms with van der Waals surface area (Å²) in [5.74, 6) is 0.458. The Bertz CT molecular complexity index is 222. The van der Waals surface area contributed by atoms with Crippen LogP contribution in [0.5, 0.6) is 0 Å². The van der Waals surface area contributed by atoms with E-state index in [-0.39, 0.29) is 6.04 Å². The van der Waals surface area contributed by atoms with Crippen molar-refractivity contribution in [2.75, 3.05) is 0 Å². The lowest BCUT2D eigenvalue weighted by atomic mass is 9.95. The highest BCUT2D eigenvalue weighted by Gasteiger charge is 2.30. The summed E-state index contributed by atoms with van der Waals surface area (Å²) >= 11 is 0. The number of nitrogens with one attached hydrogen (secondary N) is 2. The van der Waals surface area contributed by atoms with Crippen molar-refractivity contribution < 1.29 is 5.11 Å². The quantitative estimate of drug-likeness (QED) is 0.454. The molecule has 60 valence electrons. The van der Waals surface area contributed by atoms with Gasteiger partial charge in [0.25, 0.3) is 0 Å². The first-order chi connectivity index (χ1) is 5.27. The molecule has 0 aromatic rings. The highest BCUT2D eigenvalue weighted by molar-refractivity contribution is 5.27. The first-order valence-electron chi connectivity index (χ1n) is 3.86. The van der Waals surface area contributed by atoms with Crippen molar-refractivity contribution >= 4 is 0 Å². The fourth-order valence-electron chi connectivity index (χ4n) is 1.58. The van der Waals surface area contributed by atoms with Crippen LogP contribution in [0.15, 0.2) is 23.9 Å². The maximum Gasteiger partial charge on any atom is 0.181 e. The third-order valence-electron chi connectivity index (χ3n) is 2.19. The van der Waals surface area contributed by atoms with Crippen molar-refractivity contribution in [3.05, 3.63) is 23.9 Å². The summed E-state index contributed by atoms with van der Waals surface area (Å²) in [6, 6.07) is 0.273. The fourth-order valence-corrected chi connectivity index (χ4v) is 1.58. The molecule has 0 radical (unpaired) electrons. The van der Waals surface area contributed by atoms with Crippen molar-refractivity contribution in [1.82, 2.24) is 10.6 Å². The zero-order chi connectivity index (χ0) is 7.84. The first kappa shape index (κ1) is 6.88. The molecule has 0 amide bonds. The summed E-state index contributed by atoms with van der Waals surface area (Å²) in [4.78, 5) is 0. The van der Waals surface area contributed by atoms with E-state index in [9.17, 15) is 5.11 Å². The number of aliphatic hydroxyl groups excluding tert-OH is 1. The van der Waals surface area contributed by atoms with E-state index in [2.05, 4.69) is 23.6 Å². The van der Waals surface area contributed by atoms with Crippen LogP contribution < -0.4 is 10.6 Å². The van der Waals surface area contributed by atoms with Crippen molar-refractivity contribution in [3.63, 3.8) is 0 Å². The molecule has 0 bridgehead atoms. The summed E-state index contributed by atoms with van der Waals surface area (Å²) in [7, 11) is 0. The van der Waals surface area contributed by atoms with Gasteiger partial charge in [0, 0.05) is 5.70 Å². The molecule has 3 nitrogen and oxygen atoms in total. The molecule has 0 saturated carbocycles. The van der Waals surface area contributed by atoms with Crippen LogP contribution in [-0.2, 0) is 0 Å². The van der Waals surface area contributed by atoms with Gasteiger partial charge < -0.3 is 10.4 Å². The molecule has 2 aliphatic rings. The lowest BCUT2D eigenvalue weighted by Gasteiger charge is -2.18. The molecule has 1 heterocycles. The molecule has 2 rings (SSSR count). The summed E-state index contributed by atoms with van der Waals surface area (Å²) in [5.41, 5.74) is 1.09. The monoisotopic (exact) mass is 152 g/mol. The number of hydrogen-bond acceptors (Lipinski definition) is 3. The Morgan fingerprint density at radius 3 is 3.09 bits per heavy atom. The molecule has 1 aliphatic heterocycles. The largest absolute Gasteiger partial charge is 0.361 e. The van der Waals surface area contributed by atoms with Gasteiger partial charge in [0.15, 0.2) is 6.35 Å². The van der Waals surface area contributed by atoms with E-state index >= 15 is 0 Å². The molecule has 11 heavy (non-hydrogen) atoms. The molecule has 0 aromatic carbocycles. The minimum Gasteiger partial charge on any atom is -0.361 e. The van der Waals surface area contributed by atoms with Crippen molar-refractivity contribution in [2.45, 2.75) is 19.3 Å². The van der Waals surface area contributed by atoms with Gasteiger partial charge in [-0.25, -0.2) is 0 Å². The fraction of sp³-hybridized carbons (Fsp3) is 0.500. The molecule has 3 unspecified atom stereocenters. The van der Waals surface area contributed by atoms with Gasteiger partial charge in [0.1, 0.15) is 0 Å². The Morgan fingerprint density at radius 1 is 1.55 bits per heavy atom.